The Morgan fingerprint density at radius 1 is 1.40 bits per heavy atom. The molecule has 0 unspecified atom stereocenters. The van der Waals surface area contributed by atoms with E-state index < -0.39 is 5.97 Å². The molecule has 0 aliphatic carbocycles. The molecule has 5 nitrogen and oxygen atoms in total. The van der Waals surface area contributed by atoms with Gasteiger partial charge < -0.3 is 9.52 Å². The summed E-state index contributed by atoms with van der Waals surface area (Å²) in [6.45, 7) is 1.64. The second-order valence-electron chi connectivity index (χ2n) is 4.85. The van der Waals surface area contributed by atoms with Gasteiger partial charge in [-0.25, -0.2) is 4.98 Å². The largest absolute Gasteiger partial charge is 0.481 e. The number of carboxylic acid groups (broad SMARTS) is 1. The highest BCUT2D eigenvalue weighted by Crippen LogP contribution is 2.24. The molecule has 0 bridgehead atoms. The highest BCUT2D eigenvalue weighted by Gasteiger charge is 2.33. The molecule has 1 aromatic heterocycles. The van der Waals surface area contributed by atoms with Crippen LogP contribution in [-0.4, -0.2) is 34.0 Å². The van der Waals surface area contributed by atoms with Crippen LogP contribution >= 0.6 is 11.6 Å². The fourth-order valence-electron chi connectivity index (χ4n) is 2.18. The van der Waals surface area contributed by atoms with Gasteiger partial charge in [0.2, 0.25) is 5.89 Å². The van der Waals surface area contributed by atoms with Crippen LogP contribution in [0.15, 0.2) is 34.9 Å². The molecule has 1 aliphatic heterocycles. The predicted molar refractivity (Wildman–Crippen MR) is 73.4 cm³/mol. The minimum atomic E-state index is -0.740. The summed E-state index contributed by atoms with van der Waals surface area (Å²) in [6, 6.07) is 7.34. The van der Waals surface area contributed by atoms with Crippen molar-refractivity contribution in [1.82, 2.24) is 9.88 Å². The van der Waals surface area contributed by atoms with Crippen LogP contribution < -0.4 is 0 Å². The van der Waals surface area contributed by atoms with Gasteiger partial charge >= 0.3 is 5.97 Å². The van der Waals surface area contributed by atoms with Crippen LogP contribution in [0.25, 0.3) is 11.3 Å². The first kappa shape index (κ1) is 13.1. The molecular weight excluding hydrogens is 280 g/mol. The molecule has 0 atom stereocenters. The number of likely N-dealkylation sites (tertiary alicyclic amines) is 1. The quantitative estimate of drug-likeness (QED) is 0.938. The molecule has 104 valence electrons. The Balaban J connectivity index is 1.63. The van der Waals surface area contributed by atoms with Gasteiger partial charge in [-0.1, -0.05) is 11.6 Å². The molecule has 1 N–H and O–H groups in total. The SMILES string of the molecule is O=C(O)C1CN(Cc2ncc(-c3ccc(Cl)cc3)o2)C1. The minimum absolute atomic E-state index is 0.263. The van der Waals surface area contributed by atoms with E-state index in [1.165, 1.54) is 0 Å². The van der Waals surface area contributed by atoms with Crippen LogP contribution in [0.5, 0.6) is 0 Å². The molecule has 1 saturated heterocycles. The van der Waals surface area contributed by atoms with Gasteiger partial charge in [-0.2, -0.15) is 0 Å². The van der Waals surface area contributed by atoms with Crippen LogP contribution in [0.2, 0.25) is 5.02 Å². The first-order valence-electron chi connectivity index (χ1n) is 6.27. The summed E-state index contributed by atoms with van der Waals surface area (Å²) in [5.74, 6) is 0.280. The van der Waals surface area contributed by atoms with E-state index in [-0.39, 0.29) is 5.92 Å². The maximum atomic E-state index is 10.7. The summed E-state index contributed by atoms with van der Waals surface area (Å²) in [5, 5.41) is 9.49. The molecule has 0 amide bonds. The van der Waals surface area contributed by atoms with E-state index in [4.69, 9.17) is 21.1 Å². The van der Waals surface area contributed by atoms with E-state index in [0.29, 0.717) is 36.3 Å². The Kier molecular flexibility index (Phi) is 3.46. The van der Waals surface area contributed by atoms with Gasteiger partial charge in [0, 0.05) is 23.7 Å². The summed E-state index contributed by atoms with van der Waals surface area (Å²) in [7, 11) is 0. The molecule has 0 spiro atoms. The zero-order valence-electron chi connectivity index (χ0n) is 10.6. The number of nitrogens with zero attached hydrogens (tertiary/aromatic N) is 2. The number of carboxylic acids is 1. The highest BCUT2D eigenvalue weighted by molar-refractivity contribution is 6.30. The van der Waals surface area contributed by atoms with Crippen LogP contribution in [0.1, 0.15) is 5.89 Å². The second kappa shape index (κ2) is 5.26. The average Bonchev–Trinajstić information content (AvgIpc) is 2.82. The fourth-order valence-corrected chi connectivity index (χ4v) is 2.30. The van der Waals surface area contributed by atoms with E-state index in [9.17, 15) is 4.79 Å². The topological polar surface area (TPSA) is 66.6 Å². The first-order valence-corrected chi connectivity index (χ1v) is 6.65. The monoisotopic (exact) mass is 292 g/mol. The van der Waals surface area contributed by atoms with Crippen LogP contribution in [0, 0.1) is 5.92 Å². The van der Waals surface area contributed by atoms with Gasteiger partial charge in [-0.3, -0.25) is 9.69 Å². The molecule has 1 aromatic carbocycles. The Morgan fingerprint density at radius 3 is 2.75 bits per heavy atom. The van der Waals surface area contributed by atoms with Crippen molar-refractivity contribution in [2.75, 3.05) is 13.1 Å². The van der Waals surface area contributed by atoms with Crippen LogP contribution in [0.4, 0.5) is 0 Å². The smallest absolute Gasteiger partial charge is 0.309 e. The molecule has 1 aliphatic rings. The third-order valence-corrected chi connectivity index (χ3v) is 3.60. The molecule has 3 rings (SSSR count). The van der Waals surface area contributed by atoms with E-state index in [0.717, 1.165) is 5.56 Å². The number of oxazole rings is 1. The number of benzene rings is 1. The normalized spacial score (nSPS) is 16.1. The van der Waals surface area contributed by atoms with Crippen molar-refractivity contribution in [2.24, 2.45) is 5.92 Å². The van der Waals surface area contributed by atoms with Crippen molar-refractivity contribution in [3.8, 4) is 11.3 Å². The maximum Gasteiger partial charge on any atom is 0.309 e. The van der Waals surface area contributed by atoms with Crippen molar-refractivity contribution >= 4 is 17.6 Å². The van der Waals surface area contributed by atoms with Crippen molar-refractivity contribution in [1.29, 1.82) is 0 Å². The second-order valence-corrected chi connectivity index (χ2v) is 5.29. The summed E-state index contributed by atoms with van der Waals surface area (Å²) in [4.78, 5) is 16.9. The lowest BCUT2D eigenvalue weighted by atomic mass is 10.0. The van der Waals surface area contributed by atoms with E-state index >= 15 is 0 Å². The van der Waals surface area contributed by atoms with Crippen molar-refractivity contribution in [3.05, 3.63) is 41.4 Å². The third-order valence-electron chi connectivity index (χ3n) is 3.35. The Hall–Kier alpha value is -1.85. The van der Waals surface area contributed by atoms with Crippen molar-refractivity contribution in [2.45, 2.75) is 6.54 Å². The summed E-state index contributed by atoms with van der Waals surface area (Å²) in [6.07, 6.45) is 1.67. The zero-order chi connectivity index (χ0) is 14.1. The lowest BCUT2D eigenvalue weighted by Gasteiger charge is -2.35. The standard InChI is InChI=1S/C14H13ClN2O3/c15-11-3-1-9(2-4-11)12-5-16-13(20-12)8-17-6-10(7-17)14(18)19/h1-5,10H,6-8H2,(H,18,19). The summed E-state index contributed by atoms with van der Waals surface area (Å²) >= 11 is 5.84. The lowest BCUT2D eigenvalue weighted by Crippen LogP contribution is -2.49. The minimum Gasteiger partial charge on any atom is -0.481 e. The lowest BCUT2D eigenvalue weighted by molar-refractivity contribution is -0.147. The third kappa shape index (κ3) is 2.69. The van der Waals surface area contributed by atoms with Gasteiger partial charge in [0.05, 0.1) is 18.7 Å². The van der Waals surface area contributed by atoms with Crippen LogP contribution in [-0.2, 0) is 11.3 Å². The van der Waals surface area contributed by atoms with Crippen molar-refractivity contribution < 1.29 is 14.3 Å². The van der Waals surface area contributed by atoms with Gasteiger partial charge in [0.25, 0.3) is 0 Å². The number of halogens is 1. The van der Waals surface area contributed by atoms with Gasteiger partial charge in [-0.15, -0.1) is 0 Å². The molecule has 0 saturated carbocycles. The number of carbonyl (C=O) groups is 1. The first-order chi connectivity index (χ1) is 9.61. The summed E-state index contributed by atoms with van der Waals surface area (Å²) in [5.41, 5.74) is 0.917. The number of aliphatic carboxylic acids is 1. The summed E-state index contributed by atoms with van der Waals surface area (Å²) < 4.78 is 5.67. The Morgan fingerprint density at radius 2 is 2.10 bits per heavy atom. The number of aromatic nitrogens is 1. The molecule has 6 heteroatoms. The highest BCUT2D eigenvalue weighted by atomic mass is 35.5. The molecule has 1 fully saturated rings. The van der Waals surface area contributed by atoms with E-state index in [1.807, 2.05) is 17.0 Å². The van der Waals surface area contributed by atoms with E-state index in [1.54, 1.807) is 18.3 Å². The fraction of sp³-hybridized carbons (Fsp3) is 0.286. The zero-order valence-corrected chi connectivity index (χ0v) is 11.4. The average molecular weight is 293 g/mol. The molecule has 20 heavy (non-hydrogen) atoms. The number of rotatable bonds is 4. The van der Waals surface area contributed by atoms with Gasteiger partial charge in [0.1, 0.15) is 0 Å². The molecule has 2 heterocycles. The van der Waals surface area contributed by atoms with Crippen molar-refractivity contribution in [3.63, 3.8) is 0 Å². The molecule has 2 aromatic rings. The van der Waals surface area contributed by atoms with E-state index in [2.05, 4.69) is 4.98 Å². The molecule has 0 radical (unpaired) electrons. The molecular formula is C14H13ClN2O3. The van der Waals surface area contributed by atoms with Gasteiger partial charge in [-0.05, 0) is 24.3 Å². The predicted octanol–water partition coefficient (Wildman–Crippen LogP) is 2.51. The maximum absolute atomic E-state index is 10.7. The number of hydrogen-bond donors (Lipinski definition) is 1. The van der Waals surface area contributed by atoms with Gasteiger partial charge in [0.15, 0.2) is 5.76 Å². The number of hydrogen-bond acceptors (Lipinski definition) is 4. The van der Waals surface area contributed by atoms with Crippen LogP contribution in [0.3, 0.4) is 0 Å². The Labute approximate surface area is 120 Å². The Bertz CT molecular complexity index is 618.